The van der Waals surface area contributed by atoms with E-state index < -0.39 is 0 Å². The van der Waals surface area contributed by atoms with Crippen LogP contribution >= 0.6 is 11.6 Å². The minimum absolute atomic E-state index is 0.0140. The number of rotatable bonds is 2. The van der Waals surface area contributed by atoms with Gasteiger partial charge >= 0.3 is 0 Å². The van der Waals surface area contributed by atoms with Crippen LogP contribution in [0.25, 0.3) is 0 Å². The molecule has 2 atom stereocenters. The molecule has 2 unspecified atom stereocenters. The lowest BCUT2D eigenvalue weighted by molar-refractivity contribution is 0.462. The third kappa shape index (κ3) is 2.46. The summed E-state index contributed by atoms with van der Waals surface area (Å²) in [6, 6.07) is 10.3. The quantitative estimate of drug-likeness (QED) is 0.900. The van der Waals surface area contributed by atoms with Crippen LogP contribution in [0.4, 0.5) is 0 Å². The third-order valence-corrected chi connectivity index (χ3v) is 4.66. The number of nitrogens with zero attached hydrogens (tertiary/aromatic N) is 1. The molecule has 0 aliphatic heterocycles. The molecule has 1 aromatic carbocycles. The van der Waals surface area contributed by atoms with Gasteiger partial charge in [0.1, 0.15) is 0 Å². The summed E-state index contributed by atoms with van der Waals surface area (Å²) in [5.41, 5.74) is 11.3. The first-order valence-corrected chi connectivity index (χ1v) is 7.50. The molecule has 0 saturated carbocycles. The van der Waals surface area contributed by atoms with Crippen molar-refractivity contribution in [2.75, 3.05) is 0 Å². The summed E-state index contributed by atoms with van der Waals surface area (Å²) in [6.07, 6.45) is 5.28. The van der Waals surface area contributed by atoms with Gasteiger partial charge < -0.3 is 5.73 Å². The molecular weight excluding hydrogens is 268 g/mol. The van der Waals surface area contributed by atoms with Crippen LogP contribution in [0.5, 0.6) is 0 Å². The van der Waals surface area contributed by atoms with E-state index in [9.17, 15) is 0 Å². The standard InChI is InChI=1S/C17H19ClN2/c1-11-10-13(7-8-15(11)18)16(19)14-6-2-4-12-5-3-9-20-17(12)14/h3,5,7-10,14,16H,2,4,6,19H2,1H3. The average Bonchev–Trinajstić information content (AvgIpc) is 2.49. The lowest BCUT2D eigenvalue weighted by atomic mass is 9.80. The van der Waals surface area contributed by atoms with Gasteiger partial charge in [0.2, 0.25) is 0 Å². The Hall–Kier alpha value is -1.38. The normalized spacial score (nSPS) is 19.4. The first kappa shape index (κ1) is 13.6. The van der Waals surface area contributed by atoms with Crippen LogP contribution in [0.2, 0.25) is 5.02 Å². The Kier molecular flexibility index (Phi) is 3.77. The van der Waals surface area contributed by atoms with Crippen molar-refractivity contribution in [2.24, 2.45) is 5.73 Å². The van der Waals surface area contributed by atoms with Crippen molar-refractivity contribution in [1.29, 1.82) is 0 Å². The predicted molar refractivity (Wildman–Crippen MR) is 83.0 cm³/mol. The zero-order valence-corrected chi connectivity index (χ0v) is 12.4. The van der Waals surface area contributed by atoms with E-state index in [1.807, 2.05) is 31.3 Å². The van der Waals surface area contributed by atoms with E-state index in [4.69, 9.17) is 17.3 Å². The number of pyridine rings is 1. The molecule has 3 rings (SSSR count). The second-order valence-corrected chi connectivity index (χ2v) is 5.99. The molecule has 0 spiro atoms. The third-order valence-electron chi connectivity index (χ3n) is 4.24. The van der Waals surface area contributed by atoms with Crippen LogP contribution in [0.3, 0.4) is 0 Å². The summed E-state index contributed by atoms with van der Waals surface area (Å²) in [4.78, 5) is 4.58. The highest BCUT2D eigenvalue weighted by Crippen LogP contribution is 2.38. The Bertz CT molecular complexity index is 624. The highest BCUT2D eigenvalue weighted by atomic mass is 35.5. The van der Waals surface area contributed by atoms with Crippen molar-refractivity contribution in [3.05, 3.63) is 63.9 Å². The van der Waals surface area contributed by atoms with Gasteiger partial charge in [-0.2, -0.15) is 0 Å². The van der Waals surface area contributed by atoms with Gasteiger partial charge in [-0.05, 0) is 55.0 Å². The molecule has 0 saturated heterocycles. The van der Waals surface area contributed by atoms with Gasteiger partial charge in [0.25, 0.3) is 0 Å². The van der Waals surface area contributed by atoms with Crippen molar-refractivity contribution in [1.82, 2.24) is 4.98 Å². The Morgan fingerprint density at radius 3 is 3.00 bits per heavy atom. The van der Waals surface area contributed by atoms with Gasteiger partial charge in [-0.25, -0.2) is 0 Å². The van der Waals surface area contributed by atoms with E-state index in [2.05, 4.69) is 17.1 Å². The average molecular weight is 287 g/mol. The fourth-order valence-corrected chi connectivity index (χ4v) is 3.22. The van der Waals surface area contributed by atoms with Crippen molar-refractivity contribution in [2.45, 2.75) is 38.1 Å². The Labute approximate surface area is 125 Å². The van der Waals surface area contributed by atoms with Gasteiger partial charge in [-0.15, -0.1) is 0 Å². The summed E-state index contributed by atoms with van der Waals surface area (Å²) in [5.74, 6) is 0.306. The molecule has 104 valence electrons. The molecule has 2 nitrogen and oxygen atoms in total. The van der Waals surface area contributed by atoms with Crippen LogP contribution in [0, 0.1) is 6.92 Å². The topological polar surface area (TPSA) is 38.9 Å². The molecule has 1 heterocycles. The van der Waals surface area contributed by atoms with Gasteiger partial charge in [-0.1, -0.05) is 29.8 Å². The lowest BCUT2D eigenvalue weighted by Gasteiger charge is -2.29. The number of aromatic nitrogens is 1. The molecule has 0 amide bonds. The first-order chi connectivity index (χ1) is 9.66. The predicted octanol–water partition coefficient (Wildman–Crippen LogP) is 4.16. The molecule has 0 radical (unpaired) electrons. The van der Waals surface area contributed by atoms with Crippen molar-refractivity contribution < 1.29 is 0 Å². The maximum Gasteiger partial charge on any atom is 0.0485 e. The second kappa shape index (κ2) is 5.55. The van der Waals surface area contributed by atoms with Crippen molar-refractivity contribution >= 4 is 11.6 Å². The number of benzene rings is 1. The second-order valence-electron chi connectivity index (χ2n) is 5.58. The van der Waals surface area contributed by atoms with Crippen LogP contribution in [0.1, 0.15) is 47.2 Å². The largest absolute Gasteiger partial charge is 0.323 e. The zero-order valence-electron chi connectivity index (χ0n) is 11.6. The fourth-order valence-electron chi connectivity index (χ4n) is 3.10. The minimum atomic E-state index is -0.0140. The van der Waals surface area contributed by atoms with Crippen LogP contribution < -0.4 is 5.73 Å². The first-order valence-electron chi connectivity index (χ1n) is 7.12. The molecule has 1 aromatic heterocycles. The number of halogens is 1. The van der Waals surface area contributed by atoms with E-state index in [1.54, 1.807) is 0 Å². The highest BCUT2D eigenvalue weighted by Gasteiger charge is 2.27. The smallest absolute Gasteiger partial charge is 0.0485 e. The molecule has 2 N–H and O–H groups in total. The number of nitrogens with two attached hydrogens (primary N) is 1. The Morgan fingerprint density at radius 1 is 1.35 bits per heavy atom. The van der Waals surface area contributed by atoms with Crippen molar-refractivity contribution in [3.8, 4) is 0 Å². The van der Waals surface area contributed by atoms with Crippen LogP contribution in [0.15, 0.2) is 36.5 Å². The summed E-state index contributed by atoms with van der Waals surface area (Å²) in [5, 5.41) is 0.795. The zero-order chi connectivity index (χ0) is 14.1. The van der Waals surface area contributed by atoms with Gasteiger partial charge in [0, 0.05) is 28.9 Å². The molecule has 1 aliphatic rings. The van der Waals surface area contributed by atoms with Crippen molar-refractivity contribution in [3.63, 3.8) is 0 Å². The van der Waals surface area contributed by atoms with E-state index >= 15 is 0 Å². The maximum atomic E-state index is 6.52. The monoisotopic (exact) mass is 286 g/mol. The SMILES string of the molecule is Cc1cc(C(N)C2CCCc3cccnc32)ccc1Cl. The fraction of sp³-hybridized carbons (Fsp3) is 0.353. The summed E-state index contributed by atoms with van der Waals surface area (Å²) < 4.78 is 0. The van der Waals surface area contributed by atoms with Gasteiger partial charge in [0.15, 0.2) is 0 Å². The molecule has 2 aromatic rings. The molecule has 1 aliphatic carbocycles. The molecular formula is C17H19ClN2. The summed E-state index contributed by atoms with van der Waals surface area (Å²) in [6.45, 7) is 2.02. The maximum absolute atomic E-state index is 6.52. The highest BCUT2D eigenvalue weighted by molar-refractivity contribution is 6.31. The number of hydrogen-bond acceptors (Lipinski definition) is 2. The van der Waals surface area contributed by atoms with Crippen LogP contribution in [-0.4, -0.2) is 4.98 Å². The van der Waals surface area contributed by atoms with Gasteiger partial charge in [-0.3, -0.25) is 4.98 Å². The van der Waals surface area contributed by atoms with E-state index in [0.29, 0.717) is 5.92 Å². The lowest BCUT2D eigenvalue weighted by Crippen LogP contribution is -2.24. The number of aryl methyl sites for hydroxylation is 2. The van der Waals surface area contributed by atoms with E-state index in [1.165, 1.54) is 17.7 Å². The number of fused-ring (bicyclic) bond motifs is 1. The number of hydrogen-bond donors (Lipinski definition) is 1. The molecule has 20 heavy (non-hydrogen) atoms. The Balaban J connectivity index is 1.95. The Morgan fingerprint density at radius 2 is 2.20 bits per heavy atom. The molecule has 3 heteroatoms. The minimum Gasteiger partial charge on any atom is -0.323 e. The van der Waals surface area contributed by atoms with E-state index in [-0.39, 0.29) is 6.04 Å². The molecule has 0 bridgehead atoms. The summed E-state index contributed by atoms with van der Waals surface area (Å²) >= 11 is 6.10. The van der Waals surface area contributed by atoms with Gasteiger partial charge in [0.05, 0.1) is 0 Å². The van der Waals surface area contributed by atoms with E-state index in [0.717, 1.165) is 29.0 Å². The summed E-state index contributed by atoms with van der Waals surface area (Å²) in [7, 11) is 0. The molecule has 0 fully saturated rings. The van der Waals surface area contributed by atoms with Crippen LogP contribution in [-0.2, 0) is 6.42 Å².